The molecular formula is C18H19N5OS. The van der Waals surface area contributed by atoms with Gasteiger partial charge in [0.05, 0.1) is 5.75 Å². The van der Waals surface area contributed by atoms with Gasteiger partial charge in [-0.05, 0) is 24.1 Å². The van der Waals surface area contributed by atoms with Crippen LogP contribution in [0.15, 0.2) is 59.9 Å². The summed E-state index contributed by atoms with van der Waals surface area (Å²) in [7, 11) is 1.87. The van der Waals surface area contributed by atoms with E-state index in [1.54, 1.807) is 6.20 Å². The molecule has 2 aromatic heterocycles. The van der Waals surface area contributed by atoms with Crippen LogP contribution in [-0.2, 0) is 18.3 Å². The van der Waals surface area contributed by atoms with Crippen LogP contribution < -0.4 is 5.32 Å². The van der Waals surface area contributed by atoms with Crippen LogP contribution in [0.1, 0.15) is 5.56 Å². The number of nitrogens with one attached hydrogen (secondary N) is 1. The largest absolute Gasteiger partial charge is 0.355 e. The van der Waals surface area contributed by atoms with Crippen molar-refractivity contribution in [1.82, 2.24) is 25.1 Å². The van der Waals surface area contributed by atoms with Crippen LogP contribution in [0, 0.1) is 0 Å². The Labute approximate surface area is 150 Å². The highest BCUT2D eigenvalue weighted by molar-refractivity contribution is 7.99. The lowest BCUT2D eigenvalue weighted by molar-refractivity contribution is -0.118. The highest BCUT2D eigenvalue weighted by Gasteiger charge is 2.13. The molecule has 3 rings (SSSR count). The molecule has 25 heavy (non-hydrogen) atoms. The van der Waals surface area contributed by atoms with Gasteiger partial charge >= 0.3 is 0 Å². The van der Waals surface area contributed by atoms with E-state index in [0.717, 1.165) is 12.1 Å². The lowest BCUT2D eigenvalue weighted by atomic mass is 10.1. The Morgan fingerprint density at radius 3 is 2.68 bits per heavy atom. The van der Waals surface area contributed by atoms with Crippen molar-refractivity contribution in [2.24, 2.45) is 7.05 Å². The van der Waals surface area contributed by atoms with Gasteiger partial charge in [-0.25, -0.2) is 0 Å². The minimum absolute atomic E-state index is 0.0108. The molecule has 6 nitrogen and oxygen atoms in total. The van der Waals surface area contributed by atoms with E-state index in [2.05, 4.69) is 32.6 Å². The van der Waals surface area contributed by atoms with Crippen LogP contribution in [-0.4, -0.2) is 38.0 Å². The molecule has 1 N–H and O–H groups in total. The number of nitrogens with zero attached hydrogens (tertiary/aromatic N) is 4. The number of carbonyl (C=O) groups is 1. The van der Waals surface area contributed by atoms with Crippen LogP contribution in [0.5, 0.6) is 0 Å². The van der Waals surface area contributed by atoms with Crippen LogP contribution in [0.2, 0.25) is 0 Å². The molecule has 0 spiro atoms. The van der Waals surface area contributed by atoms with E-state index in [9.17, 15) is 4.79 Å². The highest BCUT2D eigenvalue weighted by atomic mass is 32.2. The summed E-state index contributed by atoms with van der Waals surface area (Å²) in [5.41, 5.74) is 1.97. The number of pyridine rings is 1. The van der Waals surface area contributed by atoms with Crippen molar-refractivity contribution in [3.8, 4) is 11.5 Å². The maximum absolute atomic E-state index is 12.0. The number of rotatable bonds is 7. The maximum Gasteiger partial charge on any atom is 0.230 e. The van der Waals surface area contributed by atoms with Crippen LogP contribution in [0.25, 0.3) is 11.5 Å². The number of aromatic nitrogens is 4. The first-order chi connectivity index (χ1) is 12.2. The molecule has 0 saturated carbocycles. The molecule has 0 atom stereocenters. The van der Waals surface area contributed by atoms with Gasteiger partial charge in [-0.2, -0.15) is 0 Å². The molecule has 7 heteroatoms. The molecule has 0 unspecified atom stereocenters. The van der Waals surface area contributed by atoms with Crippen molar-refractivity contribution in [3.63, 3.8) is 0 Å². The molecule has 3 aromatic rings. The SMILES string of the molecule is Cn1c(SCC(=O)NCCc2ccccc2)nnc1-c1ccccn1. The summed E-state index contributed by atoms with van der Waals surface area (Å²) in [5, 5.41) is 11.9. The van der Waals surface area contributed by atoms with Crippen molar-refractivity contribution in [2.75, 3.05) is 12.3 Å². The summed E-state index contributed by atoms with van der Waals surface area (Å²) in [6.07, 6.45) is 2.54. The molecule has 0 aliphatic rings. The van der Waals surface area contributed by atoms with Gasteiger partial charge in [0.2, 0.25) is 5.91 Å². The Balaban J connectivity index is 1.48. The quantitative estimate of drug-likeness (QED) is 0.660. The van der Waals surface area contributed by atoms with Crippen LogP contribution in [0.4, 0.5) is 0 Å². The second kappa shape index (κ2) is 8.43. The molecule has 0 fully saturated rings. The zero-order valence-electron chi connectivity index (χ0n) is 13.9. The summed E-state index contributed by atoms with van der Waals surface area (Å²) in [4.78, 5) is 16.3. The topological polar surface area (TPSA) is 72.7 Å². The molecule has 0 bridgehead atoms. The second-order valence-corrected chi connectivity index (χ2v) is 6.40. The van der Waals surface area contributed by atoms with E-state index in [0.29, 0.717) is 23.3 Å². The predicted molar refractivity (Wildman–Crippen MR) is 98.1 cm³/mol. The Morgan fingerprint density at radius 2 is 1.92 bits per heavy atom. The minimum Gasteiger partial charge on any atom is -0.355 e. The molecule has 0 saturated heterocycles. The third-order valence-corrected chi connectivity index (χ3v) is 4.66. The van der Waals surface area contributed by atoms with E-state index in [1.165, 1.54) is 17.3 Å². The lowest BCUT2D eigenvalue weighted by Crippen LogP contribution is -2.27. The summed E-state index contributed by atoms with van der Waals surface area (Å²) in [5.74, 6) is 0.985. The summed E-state index contributed by atoms with van der Waals surface area (Å²) >= 11 is 1.37. The molecule has 128 valence electrons. The first-order valence-corrected chi connectivity index (χ1v) is 8.97. The second-order valence-electron chi connectivity index (χ2n) is 5.45. The summed E-state index contributed by atoms with van der Waals surface area (Å²) < 4.78 is 1.85. The van der Waals surface area contributed by atoms with Crippen LogP contribution in [0.3, 0.4) is 0 Å². The number of benzene rings is 1. The van der Waals surface area contributed by atoms with Gasteiger partial charge in [-0.3, -0.25) is 9.78 Å². The highest BCUT2D eigenvalue weighted by Crippen LogP contribution is 2.20. The van der Waals surface area contributed by atoms with Crippen molar-refractivity contribution >= 4 is 17.7 Å². The fourth-order valence-corrected chi connectivity index (χ4v) is 3.07. The molecule has 0 radical (unpaired) electrons. The minimum atomic E-state index is -0.0108. The number of carbonyl (C=O) groups excluding carboxylic acids is 1. The molecule has 0 aliphatic heterocycles. The van der Waals surface area contributed by atoms with Crippen LogP contribution >= 0.6 is 11.8 Å². The Hall–Kier alpha value is -2.67. The van der Waals surface area contributed by atoms with Gasteiger partial charge in [0.25, 0.3) is 0 Å². The van der Waals surface area contributed by atoms with E-state index in [4.69, 9.17) is 0 Å². The average Bonchev–Trinajstić information content (AvgIpc) is 3.02. The van der Waals surface area contributed by atoms with Crippen molar-refractivity contribution in [1.29, 1.82) is 0 Å². The summed E-state index contributed by atoms with van der Waals surface area (Å²) in [6.45, 7) is 0.626. The normalized spacial score (nSPS) is 10.6. The molecular weight excluding hydrogens is 334 g/mol. The molecule has 0 aliphatic carbocycles. The first kappa shape index (κ1) is 17.2. The van der Waals surface area contributed by atoms with Gasteiger partial charge in [0.1, 0.15) is 5.69 Å². The predicted octanol–water partition coefficient (Wildman–Crippen LogP) is 2.33. The average molecular weight is 353 g/mol. The number of hydrogen-bond donors (Lipinski definition) is 1. The van der Waals surface area contributed by atoms with Crippen molar-refractivity contribution in [2.45, 2.75) is 11.6 Å². The molecule has 1 aromatic carbocycles. The number of amides is 1. The van der Waals surface area contributed by atoms with E-state index >= 15 is 0 Å². The monoisotopic (exact) mass is 353 g/mol. The van der Waals surface area contributed by atoms with E-state index < -0.39 is 0 Å². The number of thioether (sulfide) groups is 1. The van der Waals surface area contributed by atoms with Crippen molar-refractivity contribution < 1.29 is 4.79 Å². The van der Waals surface area contributed by atoms with Gasteiger partial charge in [-0.1, -0.05) is 48.2 Å². The zero-order chi connectivity index (χ0) is 17.5. The Kier molecular flexibility index (Phi) is 5.79. The third-order valence-electron chi connectivity index (χ3n) is 3.64. The van der Waals surface area contributed by atoms with E-state index in [-0.39, 0.29) is 5.91 Å². The Morgan fingerprint density at radius 1 is 1.12 bits per heavy atom. The standard InChI is InChI=1S/C18H19N5OS/c1-23-17(15-9-5-6-11-19-15)21-22-18(23)25-13-16(24)20-12-10-14-7-3-2-4-8-14/h2-9,11H,10,12-13H2,1H3,(H,20,24). The van der Waals surface area contributed by atoms with Gasteiger partial charge in [0, 0.05) is 19.8 Å². The smallest absolute Gasteiger partial charge is 0.230 e. The van der Waals surface area contributed by atoms with Crippen molar-refractivity contribution in [3.05, 3.63) is 60.3 Å². The van der Waals surface area contributed by atoms with Gasteiger partial charge in [-0.15, -0.1) is 10.2 Å². The molecule has 1 amide bonds. The van der Waals surface area contributed by atoms with Gasteiger partial charge < -0.3 is 9.88 Å². The maximum atomic E-state index is 12.0. The zero-order valence-corrected chi connectivity index (χ0v) is 14.7. The first-order valence-electron chi connectivity index (χ1n) is 7.98. The fraction of sp³-hybridized carbons (Fsp3) is 0.222. The molecule has 2 heterocycles. The fourth-order valence-electron chi connectivity index (χ4n) is 2.33. The number of hydrogen-bond acceptors (Lipinski definition) is 5. The lowest BCUT2D eigenvalue weighted by Gasteiger charge is -2.05. The third kappa shape index (κ3) is 4.67. The Bertz CT molecular complexity index is 820. The van der Waals surface area contributed by atoms with E-state index in [1.807, 2.05) is 48.0 Å². The van der Waals surface area contributed by atoms with Gasteiger partial charge in [0.15, 0.2) is 11.0 Å². The summed E-state index contributed by atoms with van der Waals surface area (Å²) in [6, 6.07) is 15.7.